The van der Waals surface area contributed by atoms with Crippen LogP contribution in [0.3, 0.4) is 0 Å². The van der Waals surface area contributed by atoms with Gasteiger partial charge in [-0.25, -0.2) is 0 Å². The highest BCUT2D eigenvalue weighted by Gasteiger charge is 2.19. The molecule has 0 atom stereocenters. The molecular formula is C25H18N2. The summed E-state index contributed by atoms with van der Waals surface area (Å²) in [6, 6.07) is 24.2. The Hall–Kier alpha value is -3.39. The molecule has 0 saturated heterocycles. The number of hydrogen-bond donors (Lipinski definition) is 0. The molecule has 2 heterocycles. The van der Waals surface area contributed by atoms with E-state index in [0.717, 1.165) is 5.52 Å². The zero-order valence-electron chi connectivity index (χ0n) is 15.3. The Kier molecular flexibility index (Phi) is 2.77. The number of aryl methyl sites for hydroxylation is 2. The van der Waals surface area contributed by atoms with Gasteiger partial charge in [-0.05, 0) is 55.0 Å². The Morgan fingerprint density at radius 3 is 2.30 bits per heavy atom. The normalized spacial score (nSPS) is 12.1. The molecule has 0 spiro atoms. The lowest BCUT2D eigenvalue weighted by molar-refractivity contribution is 1.17. The summed E-state index contributed by atoms with van der Waals surface area (Å²) in [5.41, 5.74) is 7.29. The van der Waals surface area contributed by atoms with E-state index in [1.807, 2.05) is 6.20 Å². The van der Waals surface area contributed by atoms with Crippen LogP contribution >= 0.6 is 0 Å². The minimum absolute atomic E-state index is 1.10. The largest absolute Gasteiger partial charge is 0.309 e. The van der Waals surface area contributed by atoms with Crippen LogP contribution in [0.2, 0.25) is 0 Å². The molecule has 2 heteroatoms. The van der Waals surface area contributed by atoms with Crippen LogP contribution < -0.4 is 0 Å². The van der Waals surface area contributed by atoms with Crippen molar-refractivity contribution in [1.29, 1.82) is 0 Å². The fourth-order valence-corrected chi connectivity index (χ4v) is 4.49. The summed E-state index contributed by atoms with van der Waals surface area (Å²) in [6.07, 6.45) is 1.94. The van der Waals surface area contributed by atoms with Crippen LogP contribution in [0.15, 0.2) is 72.9 Å². The van der Waals surface area contributed by atoms with Crippen molar-refractivity contribution >= 4 is 43.5 Å². The van der Waals surface area contributed by atoms with E-state index in [1.165, 1.54) is 54.8 Å². The van der Waals surface area contributed by atoms with Gasteiger partial charge in [-0.15, -0.1) is 0 Å². The molecule has 2 nitrogen and oxygen atoms in total. The van der Waals surface area contributed by atoms with E-state index in [4.69, 9.17) is 4.98 Å². The Bertz CT molecular complexity index is 1470. The van der Waals surface area contributed by atoms with Crippen LogP contribution in [0.5, 0.6) is 0 Å². The van der Waals surface area contributed by atoms with Gasteiger partial charge in [0.05, 0.1) is 16.6 Å². The molecule has 6 aromatic rings. The summed E-state index contributed by atoms with van der Waals surface area (Å²) in [5.74, 6) is 0. The highest BCUT2D eigenvalue weighted by Crippen LogP contribution is 2.42. The smallest absolute Gasteiger partial charge is 0.0808 e. The van der Waals surface area contributed by atoms with Crippen molar-refractivity contribution in [2.24, 2.45) is 0 Å². The molecule has 2 aromatic heterocycles. The molecule has 0 bridgehead atoms. The van der Waals surface area contributed by atoms with Gasteiger partial charge in [0, 0.05) is 28.0 Å². The lowest BCUT2D eigenvalue weighted by Crippen LogP contribution is -1.93. The number of benzene rings is 4. The van der Waals surface area contributed by atoms with Gasteiger partial charge in [-0.3, -0.25) is 4.98 Å². The maximum atomic E-state index is 4.81. The zero-order chi connectivity index (χ0) is 18.1. The maximum Gasteiger partial charge on any atom is 0.0808 e. The van der Waals surface area contributed by atoms with Gasteiger partial charge in [-0.1, -0.05) is 47.5 Å². The third-order valence-corrected chi connectivity index (χ3v) is 5.72. The van der Waals surface area contributed by atoms with Gasteiger partial charge in [0.2, 0.25) is 0 Å². The Morgan fingerprint density at radius 2 is 1.44 bits per heavy atom. The van der Waals surface area contributed by atoms with Crippen molar-refractivity contribution in [2.75, 3.05) is 0 Å². The average molecular weight is 346 g/mol. The van der Waals surface area contributed by atoms with Crippen LogP contribution in [-0.4, -0.2) is 9.55 Å². The maximum absolute atomic E-state index is 4.81. The number of nitrogens with zero attached hydrogens (tertiary/aromatic N) is 2. The first-order valence-electron chi connectivity index (χ1n) is 9.33. The summed E-state index contributed by atoms with van der Waals surface area (Å²) in [4.78, 5) is 4.81. The molecule has 0 amide bonds. The third-order valence-electron chi connectivity index (χ3n) is 5.72. The minimum Gasteiger partial charge on any atom is -0.309 e. The van der Waals surface area contributed by atoms with Gasteiger partial charge in [0.15, 0.2) is 0 Å². The molecule has 0 aliphatic carbocycles. The number of pyridine rings is 1. The zero-order valence-corrected chi connectivity index (χ0v) is 15.3. The summed E-state index contributed by atoms with van der Waals surface area (Å²) in [7, 11) is 0. The molecule has 0 aliphatic rings. The lowest BCUT2D eigenvalue weighted by Gasteiger charge is -2.08. The molecular weight excluding hydrogens is 328 g/mol. The molecule has 0 saturated carbocycles. The molecule has 128 valence electrons. The van der Waals surface area contributed by atoms with Gasteiger partial charge < -0.3 is 4.57 Å². The first-order chi connectivity index (χ1) is 13.2. The summed E-state index contributed by atoms with van der Waals surface area (Å²) in [5, 5.41) is 6.40. The van der Waals surface area contributed by atoms with Crippen molar-refractivity contribution < 1.29 is 0 Å². The van der Waals surface area contributed by atoms with Crippen molar-refractivity contribution in [3.05, 3.63) is 84.1 Å². The Balaban J connectivity index is 1.93. The van der Waals surface area contributed by atoms with Crippen LogP contribution in [0.1, 0.15) is 11.1 Å². The Labute approximate surface area is 157 Å². The summed E-state index contributed by atoms with van der Waals surface area (Å²) in [6.45, 7) is 4.27. The SMILES string of the molecule is Cc1ccc(-n2c3cccc4c5ccc(C)cc5c5nccc2c5c43)cc1. The second-order valence-electron chi connectivity index (χ2n) is 7.47. The van der Waals surface area contributed by atoms with Gasteiger partial charge in [0.1, 0.15) is 0 Å². The van der Waals surface area contributed by atoms with Gasteiger partial charge in [-0.2, -0.15) is 0 Å². The number of aromatic nitrogens is 2. The predicted octanol–water partition coefficient (Wildman–Crippen LogP) is 6.54. The van der Waals surface area contributed by atoms with Gasteiger partial charge >= 0.3 is 0 Å². The molecule has 27 heavy (non-hydrogen) atoms. The fraction of sp³-hybridized carbons (Fsp3) is 0.0800. The van der Waals surface area contributed by atoms with Crippen LogP contribution in [0.25, 0.3) is 49.2 Å². The summed E-state index contributed by atoms with van der Waals surface area (Å²) < 4.78 is 2.37. The molecule has 0 unspecified atom stereocenters. The number of fused-ring (bicyclic) bond motifs is 3. The first kappa shape index (κ1) is 14.7. The van der Waals surface area contributed by atoms with Crippen LogP contribution in [0.4, 0.5) is 0 Å². The van der Waals surface area contributed by atoms with Crippen molar-refractivity contribution in [1.82, 2.24) is 9.55 Å². The van der Waals surface area contributed by atoms with Crippen molar-refractivity contribution in [3.63, 3.8) is 0 Å². The van der Waals surface area contributed by atoms with E-state index >= 15 is 0 Å². The van der Waals surface area contributed by atoms with E-state index < -0.39 is 0 Å². The monoisotopic (exact) mass is 346 g/mol. The highest BCUT2D eigenvalue weighted by molar-refractivity contribution is 6.33. The number of hydrogen-bond acceptors (Lipinski definition) is 1. The number of rotatable bonds is 1. The molecule has 6 rings (SSSR count). The Morgan fingerprint density at radius 1 is 0.667 bits per heavy atom. The molecule has 0 fully saturated rings. The van der Waals surface area contributed by atoms with Gasteiger partial charge in [0.25, 0.3) is 0 Å². The predicted molar refractivity (Wildman–Crippen MR) is 114 cm³/mol. The van der Waals surface area contributed by atoms with Crippen molar-refractivity contribution in [2.45, 2.75) is 13.8 Å². The molecule has 0 N–H and O–H groups in total. The van der Waals surface area contributed by atoms with E-state index in [1.54, 1.807) is 0 Å². The van der Waals surface area contributed by atoms with Crippen molar-refractivity contribution in [3.8, 4) is 5.69 Å². The molecule has 0 aliphatic heterocycles. The molecule has 4 aromatic carbocycles. The second-order valence-corrected chi connectivity index (χ2v) is 7.47. The standard InChI is InChI=1S/C25H18N2/c1-15-6-9-17(10-7-15)27-21-5-3-4-19-18-11-8-16(2)14-20(18)25-24(23(19)21)22(27)12-13-26-25/h3-14H,1-2H3. The van der Waals surface area contributed by atoms with E-state index in [0.29, 0.717) is 0 Å². The average Bonchev–Trinajstić information content (AvgIpc) is 3.03. The lowest BCUT2D eigenvalue weighted by atomic mass is 9.96. The van der Waals surface area contributed by atoms with E-state index in [2.05, 4.69) is 85.1 Å². The van der Waals surface area contributed by atoms with E-state index in [9.17, 15) is 0 Å². The fourth-order valence-electron chi connectivity index (χ4n) is 4.49. The molecule has 0 radical (unpaired) electrons. The summed E-state index contributed by atoms with van der Waals surface area (Å²) >= 11 is 0. The topological polar surface area (TPSA) is 17.8 Å². The quantitative estimate of drug-likeness (QED) is 0.309. The van der Waals surface area contributed by atoms with Crippen LogP contribution in [0, 0.1) is 13.8 Å². The van der Waals surface area contributed by atoms with E-state index in [-0.39, 0.29) is 0 Å². The highest BCUT2D eigenvalue weighted by atomic mass is 15.0. The minimum atomic E-state index is 1.10. The second kappa shape index (κ2) is 5.08. The first-order valence-corrected chi connectivity index (χ1v) is 9.33. The van der Waals surface area contributed by atoms with Crippen LogP contribution in [-0.2, 0) is 0 Å². The third kappa shape index (κ3) is 1.87.